The van der Waals surface area contributed by atoms with Gasteiger partial charge in [0.1, 0.15) is 0 Å². The minimum Gasteiger partial charge on any atom is -0.288 e. The molecule has 0 radical (unpaired) electrons. The quantitative estimate of drug-likeness (QED) is 0.739. The minimum absolute atomic E-state index is 0.212. The van der Waals surface area contributed by atoms with E-state index in [-0.39, 0.29) is 5.69 Å². The first-order chi connectivity index (χ1) is 6.13. The Balaban J connectivity index is 3.03. The molecule has 0 saturated heterocycles. The lowest BCUT2D eigenvalue weighted by Crippen LogP contribution is -2.26. The van der Waals surface area contributed by atoms with Crippen molar-refractivity contribution < 1.29 is 17.5 Å². The van der Waals surface area contributed by atoms with Crippen molar-refractivity contribution in [3.05, 3.63) is 30.3 Å². The molecule has 0 spiro atoms. The van der Waals surface area contributed by atoms with E-state index in [1.54, 1.807) is 18.2 Å². The fourth-order valence-electron chi connectivity index (χ4n) is 0.785. The van der Waals surface area contributed by atoms with Gasteiger partial charge in [-0.2, -0.15) is 3.71 Å². The van der Waals surface area contributed by atoms with Crippen LogP contribution >= 0.6 is 0 Å². The molecule has 0 amide bonds. The largest absolute Gasteiger partial charge is 0.288 e. The second-order valence-corrected chi connectivity index (χ2v) is 3.94. The predicted molar refractivity (Wildman–Crippen MR) is 50.5 cm³/mol. The zero-order valence-corrected chi connectivity index (χ0v) is 7.99. The molecular formula is C6H7NO4S2. The van der Waals surface area contributed by atoms with Crippen molar-refractivity contribution in [3.63, 3.8) is 0 Å². The van der Waals surface area contributed by atoms with E-state index < -0.39 is 22.5 Å². The average Bonchev–Trinajstić information content (AvgIpc) is 2.04. The normalized spacial score (nSPS) is 14.9. The van der Waals surface area contributed by atoms with Crippen LogP contribution in [0.25, 0.3) is 0 Å². The Hall–Kier alpha value is -0.760. The molecule has 7 heteroatoms. The van der Waals surface area contributed by atoms with Crippen molar-refractivity contribution in [3.8, 4) is 0 Å². The highest BCUT2D eigenvalue weighted by Gasteiger charge is 2.17. The summed E-state index contributed by atoms with van der Waals surface area (Å²) in [6.07, 6.45) is 0. The van der Waals surface area contributed by atoms with Crippen LogP contribution in [0, 0.1) is 0 Å². The van der Waals surface area contributed by atoms with Crippen molar-refractivity contribution in [1.29, 1.82) is 0 Å². The van der Waals surface area contributed by atoms with Gasteiger partial charge in [-0.1, -0.05) is 18.2 Å². The smallest absolute Gasteiger partial charge is 0.276 e. The van der Waals surface area contributed by atoms with Crippen LogP contribution in [0.4, 0.5) is 5.69 Å². The highest BCUT2D eigenvalue weighted by atomic mass is 32.3. The number of para-hydroxylation sites is 1. The minimum atomic E-state index is -2.50. The molecule has 0 bridgehead atoms. The highest BCUT2D eigenvalue weighted by molar-refractivity contribution is 7.99. The number of hydrogen-bond acceptors (Lipinski definition) is 2. The lowest BCUT2D eigenvalue weighted by atomic mass is 10.3. The summed E-state index contributed by atoms with van der Waals surface area (Å²) in [5, 5.41) is 0. The number of nitrogens with zero attached hydrogens (tertiary/aromatic N) is 1. The first kappa shape index (κ1) is 10.3. The van der Waals surface area contributed by atoms with Crippen LogP contribution in [0.15, 0.2) is 30.3 Å². The molecule has 0 aliphatic carbocycles. The van der Waals surface area contributed by atoms with Crippen molar-refractivity contribution in [2.24, 2.45) is 0 Å². The van der Waals surface area contributed by atoms with E-state index in [1.807, 2.05) is 0 Å². The summed E-state index contributed by atoms with van der Waals surface area (Å²) in [5.74, 6) is 0. The van der Waals surface area contributed by atoms with E-state index >= 15 is 0 Å². The Labute approximate surface area is 80.2 Å². The Morgan fingerprint density at radius 3 is 1.85 bits per heavy atom. The van der Waals surface area contributed by atoms with E-state index in [9.17, 15) is 8.42 Å². The SMILES string of the molecule is O=S(O)N(c1ccccc1)S(=O)O. The van der Waals surface area contributed by atoms with Crippen LogP contribution in [0.1, 0.15) is 0 Å². The molecule has 0 aromatic heterocycles. The maximum atomic E-state index is 10.6. The summed E-state index contributed by atoms with van der Waals surface area (Å²) in [5.41, 5.74) is 0.212. The molecule has 0 heterocycles. The molecule has 0 saturated carbocycles. The molecule has 0 aliphatic heterocycles. The van der Waals surface area contributed by atoms with Crippen molar-refractivity contribution >= 4 is 28.2 Å². The summed E-state index contributed by atoms with van der Waals surface area (Å²) in [4.78, 5) is 0. The molecule has 1 aromatic carbocycles. The van der Waals surface area contributed by atoms with Gasteiger partial charge in [-0.25, -0.2) is 8.42 Å². The summed E-state index contributed by atoms with van der Waals surface area (Å²) in [7, 11) is 0. The molecule has 72 valence electrons. The molecule has 1 aromatic rings. The summed E-state index contributed by atoms with van der Waals surface area (Å²) >= 11 is -5.00. The Morgan fingerprint density at radius 2 is 1.46 bits per heavy atom. The van der Waals surface area contributed by atoms with Crippen molar-refractivity contribution in [1.82, 2.24) is 0 Å². The van der Waals surface area contributed by atoms with E-state index in [0.29, 0.717) is 3.71 Å². The third-order valence-electron chi connectivity index (χ3n) is 1.25. The van der Waals surface area contributed by atoms with Crippen molar-refractivity contribution in [2.75, 3.05) is 3.71 Å². The summed E-state index contributed by atoms with van der Waals surface area (Å²) in [6.45, 7) is 0. The average molecular weight is 221 g/mol. The number of rotatable bonds is 3. The number of benzene rings is 1. The second-order valence-electron chi connectivity index (χ2n) is 2.05. The molecule has 2 atom stereocenters. The maximum absolute atomic E-state index is 10.6. The maximum Gasteiger partial charge on any atom is 0.276 e. The number of anilines is 1. The van der Waals surface area contributed by atoms with Gasteiger partial charge in [0.05, 0.1) is 5.69 Å². The van der Waals surface area contributed by atoms with E-state index in [0.717, 1.165) is 0 Å². The van der Waals surface area contributed by atoms with Gasteiger partial charge >= 0.3 is 0 Å². The first-order valence-electron chi connectivity index (χ1n) is 3.20. The summed E-state index contributed by atoms with van der Waals surface area (Å²) < 4.78 is 39.1. The lowest BCUT2D eigenvalue weighted by Gasteiger charge is -2.13. The van der Waals surface area contributed by atoms with Crippen LogP contribution in [-0.4, -0.2) is 17.5 Å². The van der Waals surface area contributed by atoms with Crippen LogP contribution < -0.4 is 3.71 Å². The molecule has 5 nitrogen and oxygen atoms in total. The zero-order chi connectivity index (χ0) is 9.84. The topological polar surface area (TPSA) is 77.8 Å². The third kappa shape index (κ3) is 2.59. The van der Waals surface area contributed by atoms with Crippen LogP contribution in [0.3, 0.4) is 0 Å². The van der Waals surface area contributed by atoms with Gasteiger partial charge in [-0.15, -0.1) is 0 Å². The van der Waals surface area contributed by atoms with Gasteiger partial charge in [0, 0.05) is 0 Å². The Kier molecular flexibility index (Phi) is 3.55. The molecule has 2 N–H and O–H groups in total. The fourth-order valence-corrected chi connectivity index (χ4v) is 1.83. The summed E-state index contributed by atoms with van der Waals surface area (Å²) in [6, 6.07) is 7.82. The molecule has 0 aliphatic rings. The zero-order valence-electron chi connectivity index (χ0n) is 6.36. The van der Waals surface area contributed by atoms with Crippen LogP contribution in [0.2, 0.25) is 0 Å². The second kappa shape index (κ2) is 4.47. The van der Waals surface area contributed by atoms with E-state index in [4.69, 9.17) is 9.11 Å². The fraction of sp³-hybridized carbons (Fsp3) is 0. The standard InChI is InChI=1S/C6H7NO4S2/c8-12(9)7(13(10)11)6-4-2-1-3-5-6/h1-5H,(H,8,9)(H,10,11). The Bertz CT molecular complexity index is 315. The van der Waals surface area contributed by atoms with Gasteiger partial charge < -0.3 is 0 Å². The molecule has 1 rings (SSSR count). The van der Waals surface area contributed by atoms with E-state index in [2.05, 4.69) is 0 Å². The Morgan fingerprint density at radius 1 is 1.00 bits per heavy atom. The lowest BCUT2D eigenvalue weighted by molar-refractivity contribution is 0.550. The molecule has 13 heavy (non-hydrogen) atoms. The van der Waals surface area contributed by atoms with Gasteiger partial charge in [0.15, 0.2) is 0 Å². The van der Waals surface area contributed by atoms with Gasteiger partial charge in [-0.3, -0.25) is 9.11 Å². The highest BCUT2D eigenvalue weighted by Crippen LogP contribution is 2.15. The molecular weight excluding hydrogens is 214 g/mol. The van der Waals surface area contributed by atoms with Crippen LogP contribution in [0.5, 0.6) is 0 Å². The molecule has 2 unspecified atom stereocenters. The first-order valence-corrected chi connectivity index (χ1v) is 5.33. The van der Waals surface area contributed by atoms with Gasteiger partial charge in [0.25, 0.3) is 22.5 Å². The van der Waals surface area contributed by atoms with E-state index in [1.165, 1.54) is 12.1 Å². The number of hydrogen-bond donors (Lipinski definition) is 2. The monoisotopic (exact) mass is 221 g/mol. The van der Waals surface area contributed by atoms with Gasteiger partial charge in [-0.05, 0) is 12.1 Å². The van der Waals surface area contributed by atoms with Gasteiger partial charge in [0.2, 0.25) is 0 Å². The third-order valence-corrected chi connectivity index (χ3v) is 3.00. The predicted octanol–water partition coefficient (Wildman–Crippen LogP) is 0.766. The van der Waals surface area contributed by atoms with Crippen LogP contribution in [-0.2, 0) is 22.5 Å². The van der Waals surface area contributed by atoms with Crippen molar-refractivity contribution in [2.45, 2.75) is 0 Å². The molecule has 0 fully saturated rings.